The monoisotopic (exact) mass is 267 g/mol. The van der Waals surface area contributed by atoms with E-state index in [9.17, 15) is 0 Å². The predicted molar refractivity (Wildman–Crippen MR) is 82.7 cm³/mol. The van der Waals surface area contributed by atoms with Crippen LogP contribution in [-0.4, -0.2) is 22.1 Å². The molecule has 2 aromatic rings. The molecule has 1 aromatic carbocycles. The minimum atomic E-state index is 0.568. The molecule has 3 nitrogen and oxygen atoms in total. The van der Waals surface area contributed by atoms with E-state index in [-0.39, 0.29) is 0 Å². The van der Waals surface area contributed by atoms with Crippen molar-refractivity contribution in [1.29, 1.82) is 0 Å². The molecule has 0 radical (unpaired) electrons. The van der Waals surface area contributed by atoms with Gasteiger partial charge in [0.15, 0.2) is 5.82 Å². The Kier molecular flexibility index (Phi) is 3.68. The molecular weight excluding hydrogens is 246 g/mol. The van der Waals surface area contributed by atoms with Crippen LogP contribution in [0.15, 0.2) is 42.6 Å². The standard InChI is InChI=1S/C17H21N3/c1-3-15-10-9-13(2)20(15)16-11-12-18-17(19-16)14-7-5-4-6-8-14/h4-8,11-13,15H,3,9-10H2,1-2H3/t13-,15+/m1/s1. The van der Waals surface area contributed by atoms with Crippen LogP contribution in [0.5, 0.6) is 0 Å². The molecule has 0 saturated carbocycles. The SMILES string of the molecule is CC[C@H]1CC[C@@H](C)N1c1ccnc(-c2ccccc2)n1. The van der Waals surface area contributed by atoms with Crippen LogP contribution in [0.4, 0.5) is 5.82 Å². The topological polar surface area (TPSA) is 29.0 Å². The second kappa shape index (κ2) is 5.61. The maximum atomic E-state index is 4.79. The molecule has 1 saturated heterocycles. The molecule has 0 spiro atoms. The first kappa shape index (κ1) is 13.1. The highest BCUT2D eigenvalue weighted by atomic mass is 15.3. The molecule has 0 N–H and O–H groups in total. The van der Waals surface area contributed by atoms with Crippen molar-refractivity contribution in [2.24, 2.45) is 0 Å². The van der Waals surface area contributed by atoms with Crippen LogP contribution < -0.4 is 4.90 Å². The van der Waals surface area contributed by atoms with Gasteiger partial charge in [0, 0.05) is 23.8 Å². The van der Waals surface area contributed by atoms with E-state index in [1.165, 1.54) is 19.3 Å². The van der Waals surface area contributed by atoms with Gasteiger partial charge in [-0.05, 0) is 32.3 Å². The van der Waals surface area contributed by atoms with Crippen molar-refractivity contribution in [2.75, 3.05) is 4.90 Å². The van der Waals surface area contributed by atoms with Crippen LogP contribution in [0.3, 0.4) is 0 Å². The van der Waals surface area contributed by atoms with Crippen molar-refractivity contribution in [3.05, 3.63) is 42.6 Å². The lowest BCUT2D eigenvalue weighted by Gasteiger charge is -2.29. The molecule has 2 atom stereocenters. The summed E-state index contributed by atoms with van der Waals surface area (Å²) >= 11 is 0. The van der Waals surface area contributed by atoms with E-state index in [1.54, 1.807) is 0 Å². The molecule has 2 heterocycles. The van der Waals surface area contributed by atoms with Crippen LogP contribution in [-0.2, 0) is 0 Å². The number of hydrogen-bond acceptors (Lipinski definition) is 3. The summed E-state index contributed by atoms with van der Waals surface area (Å²) in [5, 5.41) is 0. The summed E-state index contributed by atoms with van der Waals surface area (Å²) < 4.78 is 0. The molecule has 1 aliphatic heterocycles. The molecule has 1 aliphatic rings. The third kappa shape index (κ3) is 2.40. The highest BCUT2D eigenvalue weighted by Gasteiger charge is 2.30. The van der Waals surface area contributed by atoms with E-state index in [1.807, 2.05) is 30.5 Å². The zero-order valence-electron chi connectivity index (χ0n) is 12.2. The lowest BCUT2D eigenvalue weighted by molar-refractivity contribution is 0.621. The average molecular weight is 267 g/mol. The Bertz CT molecular complexity index is 567. The van der Waals surface area contributed by atoms with Crippen molar-refractivity contribution in [2.45, 2.75) is 45.2 Å². The van der Waals surface area contributed by atoms with Crippen molar-refractivity contribution >= 4 is 5.82 Å². The largest absolute Gasteiger partial charge is 0.351 e. The molecule has 3 heteroatoms. The third-order valence-electron chi connectivity index (χ3n) is 4.19. The van der Waals surface area contributed by atoms with Crippen LogP contribution in [0, 0.1) is 0 Å². The van der Waals surface area contributed by atoms with Crippen LogP contribution in [0.25, 0.3) is 11.4 Å². The first-order valence-electron chi connectivity index (χ1n) is 7.46. The summed E-state index contributed by atoms with van der Waals surface area (Å²) in [6.07, 6.45) is 5.57. The molecule has 0 amide bonds. The van der Waals surface area contributed by atoms with E-state index in [2.05, 4.69) is 35.9 Å². The fourth-order valence-electron chi connectivity index (χ4n) is 3.10. The van der Waals surface area contributed by atoms with Gasteiger partial charge in [0.25, 0.3) is 0 Å². The van der Waals surface area contributed by atoms with Crippen molar-refractivity contribution in [1.82, 2.24) is 9.97 Å². The molecule has 0 bridgehead atoms. The number of hydrogen-bond donors (Lipinski definition) is 0. The lowest BCUT2D eigenvalue weighted by Crippen LogP contribution is -2.34. The van der Waals surface area contributed by atoms with Gasteiger partial charge in [0.1, 0.15) is 5.82 Å². The first-order chi connectivity index (χ1) is 9.79. The Labute approximate surface area is 120 Å². The Morgan fingerprint density at radius 2 is 1.95 bits per heavy atom. The molecule has 0 aliphatic carbocycles. The highest BCUT2D eigenvalue weighted by Crippen LogP contribution is 2.31. The highest BCUT2D eigenvalue weighted by molar-refractivity contribution is 5.57. The van der Waals surface area contributed by atoms with Gasteiger partial charge in [-0.3, -0.25) is 0 Å². The van der Waals surface area contributed by atoms with Gasteiger partial charge in [-0.1, -0.05) is 37.3 Å². The van der Waals surface area contributed by atoms with Crippen LogP contribution in [0.2, 0.25) is 0 Å². The van der Waals surface area contributed by atoms with Crippen LogP contribution in [0.1, 0.15) is 33.1 Å². The lowest BCUT2D eigenvalue weighted by atomic mass is 10.1. The van der Waals surface area contributed by atoms with Gasteiger partial charge in [0.2, 0.25) is 0 Å². The van der Waals surface area contributed by atoms with E-state index in [4.69, 9.17) is 4.98 Å². The minimum absolute atomic E-state index is 0.568. The minimum Gasteiger partial charge on any atom is -0.351 e. The Morgan fingerprint density at radius 3 is 2.70 bits per heavy atom. The average Bonchev–Trinajstić information content (AvgIpc) is 2.89. The van der Waals surface area contributed by atoms with E-state index >= 15 is 0 Å². The zero-order chi connectivity index (χ0) is 13.9. The normalized spacial score (nSPS) is 22.2. The molecule has 20 heavy (non-hydrogen) atoms. The van der Waals surface area contributed by atoms with Gasteiger partial charge in [-0.25, -0.2) is 9.97 Å². The third-order valence-corrected chi connectivity index (χ3v) is 4.19. The predicted octanol–water partition coefficient (Wildman–Crippen LogP) is 3.91. The van der Waals surface area contributed by atoms with Gasteiger partial charge in [-0.2, -0.15) is 0 Å². The summed E-state index contributed by atoms with van der Waals surface area (Å²) in [6, 6.07) is 13.4. The smallest absolute Gasteiger partial charge is 0.161 e. The quantitative estimate of drug-likeness (QED) is 0.844. The van der Waals surface area contributed by atoms with Gasteiger partial charge in [-0.15, -0.1) is 0 Å². The fourth-order valence-corrected chi connectivity index (χ4v) is 3.10. The maximum absolute atomic E-state index is 4.79. The molecule has 0 unspecified atom stereocenters. The molecule has 3 rings (SSSR count). The summed E-state index contributed by atoms with van der Waals surface area (Å²) in [7, 11) is 0. The van der Waals surface area contributed by atoms with Gasteiger partial charge < -0.3 is 4.90 Å². The summed E-state index contributed by atoms with van der Waals surface area (Å²) in [4.78, 5) is 11.7. The van der Waals surface area contributed by atoms with Gasteiger partial charge in [0.05, 0.1) is 0 Å². The molecule has 104 valence electrons. The molecular formula is C17H21N3. The Hall–Kier alpha value is -1.90. The number of benzene rings is 1. The van der Waals surface area contributed by atoms with E-state index in [0.717, 1.165) is 17.2 Å². The summed E-state index contributed by atoms with van der Waals surface area (Å²) in [5.74, 6) is 1.88. The fraction of sp³-hybridized carbons (Fsp3) is 0.412. The Morgan fingerprint density at radius 1 is 1.15 bits per heavy atom. The maximum Gasteiger partial charge on any atom is 0.161 e. The second-order valence-corrected chi connectivity index (χ2v) is 5.50. The Balaban J connectivity index is 1.95. The number of rotatable bonds is 3. The molecule has 1 aromatic heterocycles. The van der Waals surface area contributed by atoms with Crippen molar-refractivity contribution < 1.29 is 0 Å². The number of aromatic nitrogens is 2. The molecule has 1 fully saturated rings. The number of nitrogens with zero attached hydrogens (tertiary/aromatic N) is 3. The van der Waals surface area contributed by atoms with Crippen LogP contribution >= 0.6 is 0 Å². The van der Waals surface area contributed by atoms with Crippen molar-refractivity contribution in [3.63, 3.8) is 0 Å². The summed E-state index contributed by atoms with van der Waals surface area (Å²) in [6.45, 7) is 4.55. The van der Waals surface area contributed by atoms with Gasteiger partial charge >= 0.3 is 0 Å². The summed E-state index contributed by atoms with van der Waals surface area (Å²) in [5.41, 5.74) is 1.08. The van der Waals surface area contributed by atoms with E-state index in [0.29, 0.717) is 12.1 Å². The first-order valence-corrected chi connectivity index (χ1v) is 7.46. The second-order valence-electron chi connectivity index (χ2n) is 5.50. The van der Waals surface area contributed by atoms with Crippen molar-refractivity contribution in [3.8, 4) is 11.4 Å². The van der Waals surface area contributed by atoms with E-state index < -0.39 is 0 Å². The number of anilines is 1. The zero-order valence-corrected chi connectivity index (χ0v) is 12.2.